The summed E-state index contributed by atoms with van der Waals surface area (Å²) in [5, 5.41) is 4.88. The van der Waals surface area contributed by atoms with Crippen molar-refractivity contribution in [3.05, 3.63) is 87.9 Å². The molecule has 0 fully saturated rings. The average molecular weight is 468 g/mol. The third-order valence-corrected chi connectivity index (χ3v) is 6.42. The number of anilines is 1. The van der Waals surface area contributed by atoms with Crippen LogP contribution < -0.4 is 5.32 Å². The van der Waals surface area contributed by atoms with Gasteiger partial charge in [0.2, 0.25) is 5.91 Å². The van der Waals surface area contributed by atoms with Crippen molar-refractivity contribution in [2.75, 3.05) is 11.9 Å². The van der Waals surface area contributed by atoms with Gasteiger partial charge in [-0.05, 0) is 61.5 Å². The highest BCUT2D eigenvalue weighted by molar-refractivity contribution is 7.09. The Kier molecular flexibility index (Phi) is 8.60. The van der Waals surface area contributed by atoms with Crippen LogP contribution in [0.5, 0.6) is 0 Å². The van der Waals surface area contributed by atoms with E-state index in [0.29, 0.717) is 18.8 Å². The van der Waals surface area contributed by atoms with Crippen LogP contribution in [0.4, 0.5) is 14.9 Å². The van der Waals surface area contributed by atoms with Crippen molar-refractivity contribution in [1.29, 1.82) is 0 Å². The first-order chi connectivity index (χ1) is 15.9. The number of nitrogens with zero attached hydrogens (tertiary/aromatic N) is 2. The molecule has 0 aliphatic rings. The lowest BCUT2D eigenvalue weighted by atomic mass is 10.2. The van der Waals surface area contributed by atoms with Gasteiger partial charge in [0, 0.05) is 23.2 Å². The zero-order valence-electron chi connectivity index (χ0n) is 19.3. The summed E-state index contributed by atoms with van der Waals surface area (Å²) >= 11 is 1.57. The quantitative estimate of drug-likeness (QED) is 0.416. The highest BCUT2D eigenvalue weighted by atomic mass is 32.1. The molecule has 1 N–H and O–H groups in total. The number of halogens is 1. The molecule has 7 heteroatoms. The summed E-state index contributed by atoms with van der Waals surface area (Å²) < 4.78 is 13.3. The molecule has 0 saturated carbocycles. The maximum absolute atomic E-state index is 13.4. The molecule has 0 saturated heterocycles. The van der Waals surface area contributed by atoms with E-state index in [2.05, 4.69) is 5.32 Å². The van der Waals surface area contributed by atoms with Crippen molar-refractivity contribution in [1.82, 2.24) is 9.80 Å². The van der Waals surface area contributed by atoms with E-state index in [1.807, 2.05) is 62.5 Å². The smallest absolute Gasteiger partial charge is 0.322 e. The van der Waals surface area contributed by atoms with Crippen LogP contribution in [0.3, 0.4) is 0 Å². The van der Waals surface area contributed by atoms with Crippen molar-refractivity contribution in [3.63, 3.8) is 0 Å². The predicted octanol–water partition coefficient (Wildman–Crippen LogP) is 6.06. The number of nitrogens with one attached hydrogen (secondary N) is 1. The number of hydrogen-bond acceptors (Lipinski definition) is 3. The molecule has 0 bridgehead atoms. The number of hydrogen-bond donors (Lipinski definition) is 1. The maximum atomic E-state index is 13.4. The fourth-order valence-corrected chi connectivity index (χ4v) is 4.08. The Morgan fingerprint density at radius 1 is 1.03 bits per heavy atom. The minimum atomic E-state index is -0.314. The minimum Gasteiger partial charge on any atom is -0.332 e. The number of aryl methyl sites for hydroxylation is 1. The lowest BCUT2D eigenvalue weighted by Crippen LogP contribution is -2.47. The number of benzene rings is 2. The molecule has 33 heavy (non-hydrogen) atoms. The predicted molar refractivity (Wildman–Crippen MR) is 132 cm³/mol. The average Bonchev–Trinajstić information content (AvgIpc) is 3.32. The lowest BCUT2D eigenvalue weighted by Gasteiger charge is -2.31. The molecule has 1 unspecified atom stereocenters. The first-order valence-electron chi connectivity index (χ1n) is 11.0. The molecular weight excluding hydrogens is 437 g/mol. The summed E-state index contributed by atoms with van der Waals surface area (Å²) in [5.74, 6) is -0.474. The third kappa shape index (κ3) is 7.15. The van der Waals surface area contributed by atoms with Crippen molar-refractivity contribution in [3.8, 4) is 0 Å². The first-order valence-corrected chi connectivity index (χ1v) is 11.9. The van der Waals surface area contributed by atoms with E-state index in [1.165, 1.54) is 12.1 Å². The van der Waals surface area contributed by atoms with Gasteiger partial charge in [-0.2, -0.15) is 0 Å². The first kappa shape index (κ1) is 24.5. The molecule has 5 nitrogen and oxygen atoms in total. The SMILES string of the molecule is CCC(C)N(CC(=O)N(Cc1ccc(F)cc1)Cc1cccs1)C(=O)Nc1ccc(C)cc1. The van der Waals surface area contributed by atoms with Gasteiger partial charge >= 0.3 is 6.03 Å². The Balaban J connectivity index is 1.76. The van der Waals surface area contributed by atoms with Crippen LogP contribution in [0.25, 0.3) is 0 Å². The third-order valence-electron chi connectivity index (χ3n) is 5.56. The van der Waals surface area contributed by atoms with E-state index in [0.717, 1.165) is 22.4 Å². The van der Waals surface area contributed by atoms with Gasteiger partial charge in [-0.25, -0.2) is 9.18 Å². The normalized spacial score (nSPS) is 11.6. The second-order valence-electron chi connectivity index (χ2n) is 8.14. The Morgan fingerprint density at radius 2 is 1.73 bits per heavy atom. The summed E-state index contributed by atoms with van der Waals surface area (Å²) in [4.78, 5) is 30.8. The van der Waals surface area contributed by atoms with Gasteiger partial charge in [0.05, 0.1) is 6.54 Å². The van der Waals surface area contributed by atoms with Crippen LogP contribution in [-0.4, -0.2) is 34.3 Å². The van der Waals surface area contributed by atoms with Crippen LogP contribution in [0, 0.1) is 12.7 Å². The molecule has 3 aromatic rings. The maximum Gasteiger partial charge on any atom is 0.322 e. The highest BCUT2D eigenvalue weighted by Gasteiger charge is 2.25. The molecule has 2 aromatic carbocycles. The van der Waals surface area contributed by atoms with E-state index < -0.39 is 0 Å². The summed E-state index contributed by atoms with van der Waals surface area (Å²) in [7, 11) is 0. The molecule has 174 valence electrons. The molecule has 1 aromatic heterocycles. The van der Waals surface area contributed by atoms with Gasteiger partial charge < -0.3 is 15.1 Å². The number of rotatable bonds is 9. The van der Waals surface area contributed by atoms with E-state index in [1.54, 1.807) is 33.3 Å². The Hall–Kier alpha value is -3.19. The fraction of sp³-hybridized carbons (Fsp3) is 0.308. The number of amides is 3. The summed E-state index contributed by atoms with van der Waals surface area (Å²) in [6.45, 7) is 6.64. The molecule has 0 spiro atoms. The zero-order valence-corrected chi connectivity index (χ0v) is 20.1. The molecule has 3 rings (SSSR count). The summed E-state index contributed by atoms with van der Waals surface area (Å²) in [5.41, 5.74) is 2.63. The van der Waals surface area contributed by atoms with Crippen molar-refractivity contribution >= 4 is 29.0 Å². The molecule has 1 atom stereocenters. The molecule has 0 aliphatic carbocycles. The van der Waals surface area contributed by atoms with E-state index in [-0.39, 0.29) is 30.3 Å². The molecular formula is C26H30FN3O2S. The van der Waals surface area contributed by atoms with Gasteiger partial charge in [-0.1, -0.05) is 42.8 Å². The summed E-state index contributed by atoms with van der Waals surface area (Å²) in [6, 6.07) is 17.2. The van der Waals surface area contributed by atoms with Crippen molar-refractivity contribution in [2.45, 2.75) is 46.3 Å². The van der Waals surface area contributed by atoms with Gasteiger partial charge in [-0.3, -0.25) is 4.79 Å². The Morgan fingerprint density at radius 3 is 2.33 bits per heavy atom. The standard InChI is InChI=1S/C26H30FN3O2S/c1-4-20(3)30(26(32)28-23-13-7-19(2)8-14-23)18-25(31)29(17-24-6-5-15-33-24)16-21-9-11-22(27)12-10-21/h5-15,20H,4,16-18H2,1-3H3,(H,28,32). The second kappa shape index (κ2) is 11.6. The van der Waals surface area contributed by atoms with Gasteiger partial charge in [-0.15, -0.1) is 11.3 Å². The van der Waals surface area contributed by atoms with Crippen LogP contribution in [0.2, 0.25) is 0 Å². The van der Waals surface area contributed by atoms with E-state index >= 15 is 0 Å². The number of urea groups is 1. The number of carbonyl (C=O) groups is 2. The Labute approximate surface area is 198 Å². The van der Waals surface area contributed by atoms with Crippen LogP contribution in [0.15, 0.2) is 66.0 Å². The van der Waals surface area contributed by atoms with Gasteiger partial charge in [0.15, 0.2) is 0 Å². The fourth-order valence-electron chi connectivity index (χ4n) is 3.36. The molecule has 0 aliphatic heterocycles. The minimum absolute atomic E-state index is 0.0424. The molecule has 1 heterocycles. The van der Waals surface area contributed by atoms with Gasteiger partial charge in [0.1, 0.15) is 12.4 Å². The van der Waals surface area contributed by atoms with E-state index in [4.69, 9.17) is 0 Å². The monoisotopic (exact) mass is 467 g/mol. The largest absolute Gasteiger partial charge is 0.332 e. The molecule has 0 radical (unpaired) electrons. The highest BCUT2D eigenvalue weighted by Crippen LogP contribution is 2.17. The summed E-state index contributed by atoms with van der Waals surface area (Å²) in [6.07, 6.45) is 0.720. The topological polar surface area (TPSA) is 52.7 Å². The van der Waals surface area contributed by atoms with Crippen LogP contribution in [-0.2, 0) is 17.9 Å². The number of carbonyl (C=O) groups excluding carboxylic acids is 2. The number of thiophene rings is 1. The Bertz CT molecular complexity index is 1040. The lowest BCUT2D eigenvalue weighted by molar-refractivity contribution is -0.133. The molecule has 3 amide bonds. The zero-order chi connectivity index (χ0) is 23.8. The van der Waals surface area contributed by atoms with Crippen LogP contribution >= 0.6 is 11.3 Å². The van der Waals surface area contributed by atoms with Crippen LogP contribution in [0.1, 0.15) is 36.3 Å². The van der Waals surface area contributed by atoms with Gasteiger partial charge in [0.25, 0.3) is 0 Å². The van der Waals surface area contributed by atoms with E-state index in [9.17, 15) is 14.0 Å². The second-order valence-corrected chi connectivity index (χ2v) is 9.17. The van der Waals surface area contributed by atoms with Crippen molar-refractivity contribution < 1.29 is 14.0 Å². The van der Waals surface area contributed by atoms with Crippen molar-refractivity contribution in [2.24, 2.45) is 0 Å².